The Kier molecular flexibility index (Phi) is 5.33. The number of nitrogens with one attached hydrogen (secondary N) is 1. The molecule has 1 aliphatic heterocycles. The van der Waals surface area contributed by atoms with Crippen LogP contribution in [-0.4, -0.2) is 42.1 Å². The van der Waals surface area contributed by atoms with E-state index in [1.54, 1.807) is 18.3 Å². The fourth-order valence-corrected chi connectivity index (χ4v) is 3.18. The van der Waals surface area contributed by atoms with Gasteiger partial charge in [-0.15, -0.1) is 0 Å². The average Bonchev–Trinajstić information content (AvgIpc) is 2.76. The van der Waals surface area contributed by atoms with Crippen molar-refractivity contribution in [2.24, 2.45) is 0 Å². The van der Waals surface area contributed by atoms with E-state index in [2.05, 4.69) is 25.1 Å². The van der Waals surface area contributed by atoms with Crippen LogP contribution < -0.4 is 15.1 Å². The molecule has 3 aromatic rings. The quantitative estimate of drug-likeness (QED) is 0.734. The lowest BCUT2D eigenvalue weighted by Crippen LogP contribution is -2.46. The van der Waals surface area contributed by atoms with Gasteiger partial charge >= 0.3 is 0 Å². The minimum Gasteiger partial charge on any atom is -0.368 e. The lowest BCUT2D eigenvalue weighted by atomic mass is 10.2. The monoisotopic (exact) mass is 395 g/mol. The standard InChI is InChI=1S/C21H19F2N5O/c22-15-1-5-17(6-2-15)26-21(29)19-13-25-20(14-24-19)28-11-9-27(10-12-28)18-7-3-16(23)4-8-18/h1-8,13-14H,9-12H2,(H,26,29). The topological polar surface area (TPSA) is 61.4 Å². The van der Waals surface area contributed by atoms with Crippen LogP contribution in [-0.2, 0) is 0 Å². The van der Waals surface area contributed by atoms with Crippen molar-refractivity contribution in [3.63, 3.8) is 0 Å². The van der Waals surface area contributed by atoms with Gasteiger partial charge in [0, 0.05) is 37.6 Å². The molecule has 0 atom stereocenters. The summed E-state index contributed by atoms with van der Waals surface area (Å²) in [7, 11) is 0. The molecule has 0 aliphatic carbocycles. The van der Waals surface area contributed by atoms with Crippen LogP contribution >= 0.6 is 0 Å². The van der Waals surface area contributed by atoms with E-state index in [4.69, 9.17) is 0 Å². The summed E-state index contributed by atoms with van der Waals surface area (Å²) in [5.74, 6) is -0.322. The van der Waals surface area contributed by atoms with Crippen LogP contribution in [0.25, 0.3) is 0 Å². The molecular formula is C21H19F2N5O. The first-order valence-corrected chi connectivity index (χ1v) is 9.23. The maximum absolute atomic E-state index is 13.1. The Balaban J connectivity index is 1.35. The van der Waals surface area contributed by atoms with E-state index < -0.39 is 5.91 Å². The summed E-state index contributed by atoms with van der Waals surface area (Å²) in [6.07, 6.45) is 3.01. The van der Waals surface area contributed by atoms with Crippen LogP contribution in [0.2, 0.25) is 0 Å². The van der Waals surface area contributed by atoms with Crippen molar-refractivity contribution in [3.8, 4) is 0 Å². The number of carbonyl (C=O) groups excluding carboxylic acids is 1. The summed E-state index contributed by atoms with van der Waals surface area (Å²) in [5, 5.41) is 2.66. The zero-order chi connectivity index (χ0) is 20.2. The molecule has 148 valence electrons. The average molecular weight is 395 g/mol. The Hall–Kier alpha value is -3.55. The molecule has 8 heteroatoms. The van der Waals surface area contributed by atoms with E-state index in [-0.39, 0.29) is 17.3 Å². The highest BCUT2D eigenvalue weighted by atomic mass is 19.1. The molecule has 0 bridgehead atoms. The number of amides is 1. The Morgan fingerprint density at radius 1 is 0.793 bits per heavy atom. The normalized spacial score (nSPS) is 14.0. The van der Waals surface area contributed by atoms with Gasteiger partial charge in [-0.2, -0.15) is 0 Å². The number of nitrogens with zero attached hydrogens (tertiary/aromatic N) is 4. The Bertz CT molecular complexity index is 969. The fraction of sp³-hybridized carbons (Fsp3) is 0.190. The maximum Gasteiger partial charge on any atom is 0.275 e. The molecule has 6 nitrogen and oxygen atoms in total. The Labute approximate surface area is 166 Å². The summed E-state index contributed by atoms with van der Waals surface area (Å²) in [6.45, 7) is 3.04. The van der Waals surface area contributed by atoms with Gasteiger partial charge in [-0.05, 0) is 48.5 Å². The second kappa shape index (κ2) is 8.22. The number of halogens is 2. The molecule has 2 aromatic carbocycles. The molecule has 1 amide bonds. The molecule has 1 saturated heterocycles. The first kappa shape index (κ1) is 18.8. The third-order valence-electron chi connectivity index (χ3n) is 4.77. The van der Waals surface area contributed by atoms with Crippen LogP contribution in [0.15, 0.2) is 60.9 Å². The van der Waals surface area contributed by atoms with Gasteiger partial charge < -0.3 is 15.1 Å². The maximum atomic E-state index is 13.1. The predicted molar refractivity (Wildman–Crippen MR) is 107 cm³/mol. The molecule has 2 heterocycles. The van der Waals surface area contributed by atoms with Crippen molar-refractivity contribution in [3.05, 3.63) is 78.3 Å². The molecule has 0 spiro atoms. The third kappa shape index (κ3) is 4.48. The molecule has 4 rings (SSSR count). The number of anilines is 3. The SMILES string of the molecule is O=C(Nc1ccc(F)cc1)c1cnc(N2CCN(c3ccc(F)cc3)CC2)cn1. The first-order chi connectivity index (χ1) is 14.1. The van der Waals surface area contributed by atoms with Crippen LogP contribution in [0.1, 0.15) is 10.5 Å². The van der Waals surface area contributed by atoms with Crippen molar-refractivity contribution < 1.29 is 13.6 Å². The zero-order valence-electron chi connectivity index (χ0n) is 15.6. The lowest BCUT2D eigenvalue weighted by Gasteiger charge is -2.36. The highest BCUT2D eigenvalue weighted by molar-refractivity contribution is 6.02. The lowest BCUT2D eigenvalue weighted by molar-refractivity contribution is 0.102. The third-order valence-corrected chi connectivity index (χ3v) is 4.77. The minimum atomic E-state index is -0.406. The van der Waals surface area contributed by atoms with Crippen molar-refractivity contribution in [2.45, 2.75) is 0 Å². The molecule has 29 heavy (non-hydrogen) atoms. The van der Waals surface area contributed by atoms with Crippen LogP contribution in [0, 0.1) is 11.6 Å². The molecule has 0 unspecified atom stereocenters. The number of rotatable bonds is 4. The van der Waals surface area contributed by atoms with E-state index in [1.807, 2.05) is 0 Å². The molecule has 1 fully saturated rings. The van der Waals surface area contributed by atoms with E-state index in [1.165, 1.54) is 42.6 Å². The second-order valence-corrected chi connectivity index (χ2v) is 6.67. The highest BCUT2D eigenvalue weighted by Gasteiger charge is 2.19. The molecule has 0 saturated carbocycles. The Morgan fingerprint density at radius 3 is 1.97 bits per heavy atom. The van der Waals surface area contributed by atoms with E-state index in [9.17, 15) is 13.6 Å². The van der Waals surface area contributed by atoms with Crippen molar-refractivity contribution >= 4 is 23.1 Å². The Morgan fingerprint density at radius 2 is 1.38 bits per heavy atom. The van der Waals surface area contributed by atoms with Crippen molar-refractivity contribution in [1.29, 1.82) is 0 Å². The molecule has 0 radical (unpaired) electrons. The van der Waals surface area contributed by atoms with Gasteiger partial charge in [0.15, 0.2) is 0 Å². The highest BCUT2D eigenvalue weighted by Crippen LogP contribution is 2.19. The number of carbonyl (C=O) groups is 1. The van der Waals surface area contributed by atoms with Crippen molar-refractivity contribution in [1.82, 2.24) is 9.97 Å². The molecule has 1 aromatic heterocycles. The van der Waals surface area contributed by atoms with E-state index >= 15 is 0 Å². The number of hydrogen-bond acceptors (Lipinski definition) is 5. The second-order valence-electron chi connectivity index (χ2n) is 6.67. The summed E-state index contributed by atoms with van der Waals surface area (Å²) >= 11 is 0. The number of piperazine rings is 1. The van der Waals surface area contributed by atoms with Crippen molar-refractivity contribution in [2.75, 3.05) is 41.3 Å². The van der Waals surface area contributed by atoms with E-state index in [0.29, 0.717) is 11.5 Å². The summed E-state index contributed by atoms with van der Waals surface area (Å²) < 4.78 is 26.0. The number of benzene rings is 2. The van der Waals surface area contributed by atoms with Crippen LogP contribution in [0.4, 0.5) is 26.0 Å². The number of aromatic nitrogens is 2. The first-order valence-electron chi connectivity index (χ1n) is 9.23. The molecule has 1 N–H and O–H groups in total. The molecule has 1 aliphatic rings. The van der Waals surface area contributed by atoms with E-state index in [0.717, 1.165) is 31.9 Å². The van der Waals surface area contributed by atoms with Gasteiger partial charge in [0.05, 0.1) is 12.4 Å². The number of hydrogen-bond donors (Lipinski definition) is 1. The van der Waals surface area contributed by atoms with Gasteiger partial charge in [-0.3, -0.25) is 4.79 Å². The molecular weight excluding hydrogens is 376 g/mol. The van der Waals surface area contributed by atoms with Gasteiger partial charge in [-0.25, -0.2) is 18.7 Å². The van der Waals surface area contributed by atoms with Gasteiger partial charge in [0.25, 0.3) is 5.91 Å². The van der Waals surface area contributed by atoms with Crippen LogP contribution in [0.5, 0.6) is 0 Å². The largest absolute Gasteiger partial charge is 0.368 e. The fourth-order valence-electron chi connectivity index (χ4n) is 3.18. The van der Waals surface area contributed by atoms with Gasteiger partial charge in [-0.1, -0.05) is 0 Å². The summed E-state index contributed by atoms with van der Waals surface area (Å²) in [5.41, 5.74) is 1.66. The smallest absolute Gasteiger partial charge is 0.275 e. The summed E-state index contributed by atoms with van der Waals surface area (Å²) in [6, 6.07) is 12.0. The minimum absolute atomic E-state index is 0.183. The van der Waals surface area contributed by atoms with Gasteiger partial charge in [0.2, 0.25) is 0 Å². The summed E-state index contributed by atoms with van der Waals surface area (Å²) in [4.78, 5) is 25.1. The zero-order valence-corrected chi connectivity index (χ0v) is 15.6. The van der Waals surface area contributed by atoms with Gasteiger partial charge in [0.1, 0.15) is 23.1 Å². The predicted octanol–water partition coefficient (Wildman–Crippen LogP) is 3.33. The van der Waals surface area contributed by atoms with Crippen LogP contribution in [0.3, 0.4) is 0 Å².